The molecule has 0 radical (unpaired) electrons. The molecule has 1 amide bonds. The number of amides is 1. The van der Waals surface area contributed by atoms with Crippen molar-refractivity contribution in [3.63, 3.8) is 0 Å². The fourth-order valence-electron chi connectivity index (χ4n) is 1.02. The van der Waals surface area contributed by atoms with E-state index < -0.39 is 5.91 Å². The lowest BCUT2D eigenvalue weighted by Crippen LogP contribution is -2.47. The Bertz CT molecular complexity index is 177. The Labute approximate surface area is 99.4 Å². The monoisotopic (exact) mass is 315 g/mol. The van der Waals surface area contributed by atoms with Gasteiger partial charge in [-0.3, -0.25) is 7.86 Å². The van der Waals surface area contributed by atoms with Gasteiger partial charge in [-0.05, 0) is 6.42 Å². The van der Waals surface area contributed by atoms with E-state index in [9.17, 15) is 4.79 Å². The van der Waals surface area contributed by atoms with E-state index in [0.29, 0.717) is 6.61 Å². The minimum absolute atomic E-state index is 0.167. The molecule has 0 aromatic heterocycles. The molecule has 1 N–H and O–H groups in total. The standard InChI is InChI=1S/C9H18INO3/c1-4-5-6-7-13-9(3,14-10)11-8(2)12/h4-7H2,1-3H3,(H,11,12). The van der Waals surface area contributed by atoms with Crippen LogP contribution in [0.25, 0.3) is 0 Å². The van der Waals surface area contributed by atoms with E-state index in [0.717, 1.165) is 19.3 Å². The first-order valence-electron chi connectivity index (χ1n) is 4.76. The van der Waals surface area contributed by atoms with Crippen molar-refractivity contribution in [3.05, 3.63) is 0 Å². The van der Waals surface area contributed by atoms with Gasteiger partial charge >= 0.3 is 0 Å². The maximum absolute atomic E-state index is 10.8. The summed E-state index contributed by atoms with van der Waals surface area (Å²) in [6, 6.07) is 0. The van der Waals surface area contributed by atoms with E-state index in [1.807, 2.05) is 0 Å². The Morgan fingerprint density at radius 1 is 1.50 bits per heavy atom. The van der Waals surface area contributed by atoms with Gasteiger partial charge in [0.2, 0.25) is 5.91 Å². The Hall–Kier alpha value is 0.120. The Morgan fingerprint density at radius 2 is 2.14 bits per heavy atom. The Morgan fingerprint density at radius 3 is 2.57 bits per heavy atom. The highest BCUT2D eigenvalue weighted by molar-refractivity contribution is 14.1. The Balaban J connectivity index is 3.80. The zero-order valence-corrected chi connectivity index (χ0v) is 11.1. The summed E-state index contributed by atoms with van der Waals surface area (Å²) in [5, 5.41) is 2.59. The minimum atomic E-state index is -1.000. The van der Waals surface area contributed by atoms with Crippen molar-refractivity contribution < 1.29 is 12.6 Å². The molecule has 0 bridgehead atoms. The molecule has 0 heterocycles. The van der Waals surface area contributed by atoms with Crippen LogP contribution < -0.4 is 5.32 Å². The second kappa shape index (κ2) is 7.42. The third-order valence-corrected chi connectivity index (χ3v) is 2.52. The van der Waals surface area contributed by atoms with Crippen LogP contribution in [0.15, 0.2) is 0 Å². The van der Waals surface area contributed by atoms with Crippen LogP contribution in [-0.4, -0.2) is 18.4 Å². The summed E-state index contributed by atoms with van der Waals surface area (Å²) in [5.74, 6) is -1.17. The molecule has 84 valence electrons. The largest absolute Gasteiger partial charge is 0.333 e. The second-order valence-electron chi connectivity index (χ2n) is 3.26. The highest BCUT2D eigenvalue weighted by Crippen LogP contribution is 2.13. The van der Waals surface area contributed by atoms with Gasteiger partial charge in [-0.15, -0.1) is 0 Å². The van der Waals surface area contributed by atoms with Crippen molar-refractivity contribution in [2.45, 2.75) is 45.9 Å². The van der Waals surface area contributed by atoms with E-state index in [-0.39, 0.29) is 5.91 Å². The molecule has 0 rings (SSSR count). The number of rotatable bonds is 7. The van der Waals surface area contributed by atoms with Crippen molar-refractivity contribution in [1.29, 1.82) is 0 Å². The number of unbranched alkanes of at least 4 members (excludes halogenated alkanes) is 2. The van der Waals surface area contributed by atoms with E-state index in [1.54, 1.807) is 29.9 Å². The SMILES string of the molecule is CCCCCOC(C)(NC(C)=O)OI. The van der Waals surface area contributed by atoms with Crippen LogP contribution >= 0.6 is 23.0 Å². The quantitative estimate of drug-likeness (QED) is 0.446. The summed E-state index contributed by atoms with van der Waals surface area (Å²) in [7, 11) is 0. The smallest absolute Gasteiger partial charge is 0.258 e. The predicted octanol–water partition coefficient (Wildman–Crippen LogP) is 2.37. The summed E-state index contributed by atoms with van der Waals surface area (Å²) in [4.78, 5) is 10.8. The molecule has 1 unspecified atom stereocenters. The molecular weight excluding hydrogens is 297 g/mol. The fourth-order valence-corrected chi connectivity index (χ4v) is 1.25. The minimum Gasteiger partial charge on any atom is -0.333 e. The van der Waals surface area contributed by atoms with Crippen molar-refractivity contribution in [2.24, 2.45) is 0 Å². The average Bonchev–Trinajstić information content (AvgIpc) is 2.11. The topological polar surface area (TPSA) is 47.6 Å². The first-order chi connectivity index (χ1) is 6.54. The fraction of sp³-hybridized carbons (Fsp3) is 0.889. The van der Waals surface area contributed by atoms with E-state index in [1.165, 1.54) is 6.92 Å². The van der Waals surface area contributed by atoms with Crippen LogP contribution in [0.5, 0.6) is 0 Å². The van der Waals surface area contributed by atoms with E-state index in [2.05, 4.69) is 12.2 Å². The first kappa shape index (κ1) is 14.1. The molecule has 0 aliphatic rings. The van der Waals surface area contributed by atoms with Gasteiger partial charge in [0.1, 0.15) is 23.0 Å². The van der Waals surface area contributed by atoms with Crippen molar-refractivity contribution in [1.82, 2.24) is 5.32 Å². The van der Waals surface area contributed by atoms with Crippen LogP contribution in [0.3, 0.4) is 0 Å². The molecule has 0 aliphatic heterocycles. The van der Waals surface area contributed by atoms with Gasteiger partial charge in [-0.25, -0.2) is 0 Å². The van der Waals surface area contributed by atoms with Crippen LogP contribution in [0.4, 0.5) is 0 Å². The number of ether oxygens (including phenoxy) is 1. The van der Waals surface area contributed by atoms with Crippen molar-refractivity contribution in [2.75, 3.05) is 6.61 Å². The molecule has 0 aliphatic carbocycles. The molecule has 0 saturated heterocycles. The molecule has 5 heteroatoms. The molecule has 0 saturated carbocycles. The number of carbonyl (C=O) groups excluding carboxylic acids is 1. The van der Waals surface area contributed by atoms with E-state index >= 15 is 0 Å². The summed E-state index contributed by atoms with van der Waals surface area (Å²) in [6.45, 7) is 5.84. The van der Waals surface area contributed by atoms with Gasteiger partial charge in [0.25, 0.3) is 5.91 Å². The Kier molecular flexibility index (Phi) is 7.48. The third-order valence-electron chi connectivity index (χ3n) is 1.68. The van der Waals surface area contributed by atoms with Gasteiger partial charge in [0, 0.05) is 13.8 Å². The van der Waals surface area contributed by atoms with Gasteiger partial charge < -0.3 is 10.1 Å². The molecular formula is C9H18INO3. The summed E-state index contributed by atoms with van der Waals surface area (Å²) in [6.07, 6.45) is 3.24. The summed E-state index contributed by atoms with van der Waals surface area (Å²) < 4.78 is 10.5. The molecule has 0 aromatic carbocycles. The lowest BCUT2D eigenvalue weighted by Gasteiger charge is -2.26. The second-order valence-corrected chi connectivity index (χ2v) is 3.70. The number of nitrogens with one attached hydrogen (secondary N) is 1. The molecule has 0 spiro atoms. The number of halogens is 1. The van der Waals surface area contributed by atoms with Crippen molar-refractivity contribution >= 4 is 28.9 Å². The highest BCUT2D eigenvalue weighted by atomic mass is 127. The van der Waals surface area contributed by atoms with Gasteiger partial charge in [0.05, 0.1) is 6.61 Å². The maximum Gasteiger partial charge on any atom is 0.258 e. The molecule has 0 aromatic rings. The maximum atomic E-state index is 10.8. The van der Waals surface area contributed by atoms with Gasteiger partial charge in [-0.2, -0.15) is 0 Å². The van der Waals surface area contributed by atoms with Crippen molar-refractivity contribution in [3.8, 4) is 0 Å². The number of carbonyl (C=O) groups is 1. The summed E-state index contributed by atoms with van der Waals surface area (Å²) in [5.41, 5.74) is 0. The third kappa shape index (κ3) is 6.56. The molecule has 14 heavy (non-hydrogen) atoms. The first-order valence-corrected chi connectivity index (χ1v) is 5.64. The summed E-state index contributed by atoms with van der Waals surface area (Å²) >= 11 is 1.72. The normalized spacial score (nSPS) is 14.9. The molecule has 4 nitrogen and oxygen atoms in total. The predicted molar refractivity (Wildman–Crippen MR) is 62.8 cm³/mol. The zero-order valence-electron chi connectivity index (χ0n) is 8.93. The molecule has 1 atom stereocenters. The number of hydrogen-bond acceptors (Lipinski definition) is 3. The van der Waals surface area contributed by atoms with Crippen LogP contribution in [0.2, 0.25) is 0 Å². The number of hydrogen-bond donors (Lipinski definition) is 1. The van der Waals surface area contributed by atoms with Crippen LogP contribution in [0.1, 0.15) is 40.0 Å². The highest BCUT2D eigenvalue weighted by Gasteiger charge is 2.26. The van der Waals surface area contributed by atoms with Gasteiger partial charge in [-0.1, -0.05) is 19.8 Å². The lowest BCUT2D eigenvalue weighted by atomic mass is 10.3. The average molecular weight is 315 g/mol. The van der Waals surface area contributed by atoms with E-state index in [4.69, 9.17) is 7.80 Å². The van der Waals surface area contributed by atoms with Crippen LogP contribution in [0, 0.1) is 0 Å². The molecule has 0 fully saturated rings. The lowest BCUT2D eigenvalue weighted by molar-refractivity contribution is -0.177. The zero-order chi connectivity index (χ0) is 11.0. The van der Waals surface area contributed by atoms with Crippen LogP contribution in [-0.2, 0) is 12.6 Å². The van der Waals surface area contributed by atoms with Gasteiger partial charge in [0.15, 0.2) is 0 Å².